The Morgan fingerprint density at radius 2 is 1.50 bits per heavy atom. The lowest BCUT2D eigenvalue weighted by Crippen LogP contribution is -2.24. The van der Waals surface area contributed by atoms with Crippen LogP contribution in [-0.2, 0) is 0 Å². The molecule has 0 saturated heterocycles. The first-order valence-corrected chi connectivity index (χ1v) is 8.56. The van der Waals surface area contributed by atoms with Crippen LogP contribution in [0.2, 0.25) is 0 Å². The Balaban J connectivity index is 2.53. The van der Waals surface area contributed by atoms with Gasteiger partial charge in [-0.1, -0.05) is 53.9 Å². The van der Waals surface area contributed by atoms with E-state index in [1.807, 2.05) is 0 Å². The molecule has 0 radical (unpaired) electrons. The summed E-state index contributed by atoms with van der Waals surface area (Å²) in [7, 11) is 3.56. The Bertz CT molecular complexity index is 144. The van der Waals surface area contributed by atoms with Gasteiger partial charge >= 0.3 is 0 Å². The molecule has 0 aromatic carbocycles. The van der Waals surface area contributed by atoms with E-state index in [1.54, 1.807) is 0 Å². The Kier molecular flexibility index (Phi) is 5.95. The van der Waals surface area contributed by atoms with Crippen molar-refractivity contribution in [3.8, 4) is 0 Å². The third-order valence-electron chi connectivity index (χ3n) is 3.34. The molecule has 14 heavy (non-hydrogen) atoms. The summed E-state index contributed by atoms with van der Waals surface area (Å²) in [5, 5.41) is 0. The summed E-state index contributed by atoms with van der Waals surface area (Å²) in [6, 6.07) is 0. The van der Waals surface area contributed by atoms with Crippen LogP contribution < -0.4 is 0 Å². The molecule has 0 spiro atoms. The third-order valence-corrected chi connectivity index (χ3v) is 8.69. The van der Waals surface area contributed by atoms with E-state index < -0.39 is 0 Å². The summed E-state index contributed by atoms with van der Waals surface area (Å²) < 4.78 is 0. The summed E-state index contributed by atoms with van der Waals surface area (Å²) in [6.07, 6.45) is 13.2. The molecule has 1 rings (SSSR count). The maximum absolute atomic E-state index is 3.26. The van der Waals surface area contributed by atoms with Crippen molar-refractivity contribution in [3.05, 3.63) is 0 Å². The van der Waals surface area contributed by atoms with Gasteiger partial charge in [-0.25, -0.2) is 0 Å². The fourth-order valence-electron chi connectivity index (χ4n) is 2.58. The molecule has 0 nitrogen and oxygen atoms in total. The van der Waals surface area contributed by atoms with Gasteiger partial charge < -0.3 is 0 Å². The van der Waals surface area contributed by atoms with Crippen molar-refractivity contribution in [2.75, 3.05) is 12.3 Å². The normalized spacial score (nSPS) is 21.4. The summed E-state index contributed by atoms with van der Waals surface area (Å²) in [4.78, 5) is 0.680. The average molecular weight is 232 g/mol. The Hall–Kier alpha value is 0.860. The highest BCUT2D eigenvalue weighted by atomic mass is 31.2. The number of hydrogen-bond donors (Lipinski definition) is 0. The van der Waals surface area contributed by atoms with Crippen LogP contribution in [0.3, 0.4) is 0 Å². The van der Waals surface area contributed by atoms with Crippen LogP contribution in [0.4, 0.5) is 0 Å². The highest BCUT2D eigenvalue weighted by Crippen LogP contribution is 2.61. The molecule has 84 valence electrons. The molecule has 2 heteroatoms. The van der Waals surface area contributed by atoms with Crippen LogP contribution in [0.5, 0.6) is 0 Å². The molecule has 0 amide bonds. The lowest BCUT2D eigenvalue weighted by molar-refractivity contribution is 0.483. The van der Waals surface area contributed by atoms with Crippen LogP contribution in [0.1, 0.15) is 58.8 Å². The topological polar surface area (TPSA) is 0 Å². The maximum Gasteiger partial charge on any atom is 0.00493 e. The quantitative estimate of drug-likeness (QED) is 0.596. The molecule has 0 aliphatic heterocycles. The van der Waals surface area contributed by atoms with E-state index in [0.717, 1.165) is 0 Å². The second kappa shape index (κ2) is 6.44. The zero-order chi connectivity index (χ0) is 10.4. The molecule has 1 aliphatic carbocycles. The van der Waals surface area contributed by atoms with E-state index in [9.17, 15) is 0 Å². The van der Waals surface area contributed by atoms with E-state index >= 15 is 0 Å². The highest BCUT2D eigenvalue weighted by molar-refractivity contribution is 7.66. The van der Waals surface area contributed by atoms with Crippen molar-refractivity contribution in [2.45, 2.75) is 63.7 Å². The first-order chi connectivity index (χ1) is 6.73. The highest BCUT2D eigenvalue weighted by Gasteiger charge is 2.33. The predicted octanol–water partition coefficient (Wildman–Crippen LogP) is 4.82. The zero-order valence-corrected chi connectivity index (χ0v) is 11.9. The van der Waals surface area contributed by atoms with E-state index in [2.05, 4.69) is 23.1 Å². The van der Waals surface area contributed by atoms with Gasteiger partial charge in [0.1, 0.15) is 0 Å². The van der Waals surface area contributed by atoms with Gasteiger partial charge in [0, 0.05) is 4.90 Å². The van der Waals surface area contributed by atoms with Gasteiger partial charge in [-0.3, -0.25) is 0 Å². The standard InChI is InChI=1S/C12H26P2/c1-3-10-14(11-4-2)12(13)8-6-5-7-9-12/h3-11,13H2,1-2H3. The first-order valence-electron chi connectivity index (χ1n) is 6.27. The molecule has 0 aromatic rings. The van der Waals surface area contributed by atoms with Gasteiger partial charge in [0.25, 0.3) is 0 Å². The minimum absolute atomic E-state index is 0.302. The molecule has 1 aliphatic rings. The van der Waals surface area contributed by atoms with Crippen LogP contribution in [0.25, 0.3) is 0 Å². The third kappa shape index (κ3) is 3.46. The van der Waals surface area contributed by atoms with E-state index in [-0.39, 0.29) is 0 Å². The van der Waals surface area contributed by atoms with Crippen molar-refractivity contribution in [1.29, 1.82) is 0 Å². The van der Waals surface area contributed by atoms with Crippen molar-refractivity contribution >= 4 is 17.2 Å². The molecule has 0 aromatic heterocycles. The maximum atomic E-state index is 3.26. The van der Waals surface area contributed by atoms with Crippen molar-refractivity contribution in [3.63, 3.8) is 0 Å². The van der Waals surface area contributed by atoms with E-state index in [4.69, 9.17) is 0 Å². The molecule has 1 saturated carbocycles. The average Bonchev–Trinajstić information content (AvgIpc) is 2.19. The minimum Gasteiger partial charge on any atom is -0.126 e. The van der Waals surface area contributed by atoms with Crippen molar-refractivity contribution in [1.82, 2.24) is 0 Å². The lowest BCUT2D eigenvalue weighted by Gasteiger charge is -2.41. The summed E-state index contributed by atoms with van der Waals surface area (Å²) in [5.41, 5.74) is 0. The Morgan fingerprint density at radius 3 is 1.93 bits per heavy atom. The molecular weight excluding hydrogens is 206 g/mol. The van der Waals surface area contributed by atoms with Gasteiger partial charge in [-0.2, -0.15) is 0 Å². The molecule has 1 atom stereocenters. The van der Waals surface area contributed by atoms with Gasteiger partial charge in [0.05, 0.1) is 0 Å². The minimum atomic E-state index is 0.302. The summed E-state index contributed by atoms with van der Waals surface area (Å²) >= 11 is 0. The Morgan fingerprint density at radius 1 is 1.00 bits per heavy atom. The van der Waals surface area contributed by atoms with Gasteiger partial charge in [-0.05, 0) is 25.2 Å². The monoisotopic (exact) mass is 232 g/mol. The molecule has 0 N–H and O–H groups in total. The second-order valence-corrected chi connectivity index (χ2v) is 9.11. The second-order valence-electron chi connectivity index (χ2n) is 4.65. The predicted molar refractivity (Wildman–Crippen MR) is 72.8 cm³/mol. The molecule has 1 fully saturated rings. The molecule has 0 bridgehead atoms. The van der Waals surface area contributed by atoms with E-state index in [1.165, 1.54) is 57.3 Å². The fourth-order valence-corrected chi connectivity index (χ4v) is 6.90. The largest absolute Gasteiger partial charge is 0.126 e. The van der Waals surface area contributed by atoms with Gasteiger partial charge in [0.15, 0.2) is 0 Å². The SMILES string of the molecule is CCCP(CCC)C1(P)CCCCC1. The molecule has 0 heterocycles. The van der Waals surface area contributed by atoms with Gasteiger partial charge in [0.2, 0.25) is 0 Å². The summed E-state index contributed by atoms with van der Waals surface area (Å²) in [6.45, 7) is 4.70. The van der Waals surface area contributed by atoms with Crippen LogP contribution in [-0.4, -0.2) is 17.2 Å². The smallest absolute Gasteiger partial charge is 0.00493 e. The van der Waals surface area contributed by atoms with E-state index in [0.29, 0.717) is 12.8 Å². The van der Waals surface area contributed by atoms with Crippen molar-refractivity contribution in [2.24, 2.45) is 0 Å². The molecule has 1 unspecified atom stereocenters. The first kappa shape index (κ1) is 12.9. The van der Waals surface area contributed by atoms with Crippen LogP contribution >= 0.6 is 17.2 Å². The number of rotatable bonds is 5. The Labute approximate surface area is 93.6 Å². The molecular formula is C12H26P2. The van der Waals surface area contributed by atoms with Crippen LogP contribution in [0, 0.1) is 0 Å². The zero-order valence-electron chi connectivity index (χ0n) is 9.89. The van der Waals surface area contributed by atoms with Gasteiger partial charge in [-0.15, -0.1) is 9.24 Å². The van der Waals surface area contributed by atoms with Crippen molar-refractivity contribution < 1.29 is 0 Å². The fraction of sp³-hybridized carbons (Fsp3) is 1.00. The lowest BCUT2D eigenvalue weighted by atomic mass is 9.99. The van der Waals surface area contributed by atoms with Crippen LogP contribution in [0.15, 0.2) is 0 Å². The summed E-state index contributed by atoms with van der Waals surface area (Å²) in [5.74, 6) is 0. The number of hydrogen-bond acceptors (Lipinski definition) is 0.